The van der Waals surface area contributed by atoms with Gasteiger partial charge in [-0.15, -0.1) is 6.58 Å². The second-order valence-corrected chi connectivity index (χ2v) is 9.70. The molecule has 0 saturated carbocycles. The van der Waals surface area contributed by atoms with Gasteiger partial charge in [0, 0.05) is 35.9 Å². The number of nitrogens with zero attached hydrogens (tertiary/aromatic N) is 2. The van der Waals surface area contributed by atoms with Crippen LogP contribution in [0.15, 0.2) is 67.4 Å². The number of fused-ring (bicyclic) bond motifs is 4. The first-order valence-corrected chi connectivity index (χ1v) is 11.6. The summed E-state index contributed by atoms with van der Waals surface area (Å²) in [7, 11) is 0. The normalized spacial score (nSPS) is 26.8. The van der Waals surface area contributed by atoms with E-state index in [1.807, 2.05) is 36.4 Å². The van der Waals surface area contributed by atoms with Crippen LogP contribution >= 0.6 is 0 Å². The minimum absolute atomic E-state index is 0. The van der Waals surface area contributed by atoms with Crippen LogP contribution in [0.25, 0.3) is 10.9 Å². The fourth-order valence-electron chi connectivity index (χ4n) is 6.16. The Labute approximate surface area is 212 Å². The maximum Gasteiger partial charge on any atom is 0.416 e. The van der Waals surface area contributed by atoms with Gasteiger partial charge in [0.25, 0.3) is 0 Å². The topological polar surface area (TPSA) is 33.1 Å². The first-order chi connectivity index (χ1) is 16.2. The SMILES string of the molecule is C=C[C@H]1C[N@+]2(Cc3ccc(C(F)(F)F)cc3F)CC[C@H]1CC2[C@@H](O)c1ccnc2ccccc12.[Br-]. The summed E-state index contributed by atoms with van der Waals surface area (Å²) in [4.78, 5) is 4.40. The summed E-state index contributed by atoms with van der Waals surface area (Å²) in [5.41, 5.74) is 0.825. The number of aliphatic hydroxyl groups excluding tert-OH is 1. The summed E-state index contributed by atoms with van der Waals surface area (Å²) in [5, 5.41) is 12.6. The molecule has 1 unspecified atom stereocenters. The lowest BCUT2D eigenvalue weighted by Crippen LogP contribution is -3.00. The molecule has 35 heavy (non-hydrogen) atoms. The van der Waals surface area contributed by atoms with Gasteiger partial charge in [0.15, 0.2) is 0 Å². The largest absolute Gasteiger partial charge is 1.00 e. The second kappa shape index (κ2) is 9.64. The highest BCUT2D eigenvalue weighted by Crippen LogP contribution is 2.48. The maximum atomic E-state index is 14.9. The average Bonchev–Trinajstić information content (AvgIpc) is 2.84. The molecule has 2 bridgehead atoms. The molecule has 0 amide bonds. The number of quaternary nitrogens is 1. The second-order valence-electron chi connectivity index (χ2n) is 9.70. The van der Waals surface area contributed by atoms with Gasteiger partial charge in [-0.2, -0.15) is 13.2 Å². The molecule has 3 aliphatic heterocycles. The highest BCUT2D eigenvalue weighted by molar-refractivity contribution is 5.82. The molecular weight excluding hydrogens is 524 g/mol. The van der Waals surface area contributed by atoms with E-state index in [2.05, 4.69) is 11.6 Å². The van der Waals surface area contributed by atoms with Crippen molar-refractivity contribution in [2.75, 3.05) is 13.1 Å². The first-order valence-electron chi connectivity index (χ1n) is 11.6. The van der Waals surface area contributed by atoms with E-state index in [0.29, 0.717) is 23.0 Å². The zero-order chi connectivity index (χ0) is 24.1. The quantitative estimate of drug-likeness (QED) is 0.301. The van der Waals surface area contributed by atoms with Gasteiger partial charge in [0.05, 0.1) is 24.2 Å². The van der Waals surface area contributed by atoms with Crippen molar-refractivity contribution in [3.8, 4) is 0 Å². The van der Waals surface area contributed by atoms with E-state index >= 15 is 0 Å². The standard InChI is InChI=1S/C27H27F4N2O.BrH/c1-2-17-15-33(16-19-7-8-20(14-23(19)28)27(29,30)31)12-10-18(17)13-25(33)26(34)22-9-11-32-24-6-4-3-5-21(22)24;/h2-9,11,14,17-18,25-26,34H,1,10,12-13,15-16H2;1H/q+1;/p-1/t17-,18-,25?,26-,33-;/m0./s1. The monoisotopic (exact) mass is 550 g/mol. The zero-order valence-electron chi connectivity index (χ0n) is 19.1. The number of rotatable bonds is 5. The molecular formula is C27H27BrF4N2O. The van der Waals surface area contributed by atoms with Gasteiger partial charge in [0.2, 0.25) is 0 Å². The van der Waals surface area contributed by atoms with Crippen LogP contribution in [0.2, 0.25) is 0 Å². The van der Waals surface area contributed by atoms with Gasteiger partial charge in [-0.1, -0.05) is 24.3 Å². The van der Waals surface area contributed by atoms with Crippen molar-refractivity contribution < 1.29 is 44.1 Å². The van der Waals surface area contributed by atoms with E-state index in [4.69, 9.17) is 0 Å². The Morgan fingerprint density at radius 1 is 1.17 bits per heavy atom. The molecule has 0 aliphatic carbocycles. The fraction of sp³-hybridized carbons (Fsp3) is 0.370. The van der Waals surface area contributed by atoms with Gasteiger partial charge in [-0.25, -0.2) is 4.39 Å². The van der Waals surface area contributed by atoms with Crippen molar-refractivity contribution in [3.63, 3.8) is 0 Å². The van der Waals surface area contributed by atoms with E-state index in [1.165, 1.54) is 6.07 Å². The Morgan fingerprint density at radius 2 is 1.94 bits per heavy atom. The van der Waals surface area contributed by atoms with Gasteiger partial charge in [0.1, 0.15) is 24.5 Å². The highest BCUT2D eigenvalue weighted by Gasteiger charge is 2.54. The lowest BCUT2D eigenvalue weighted by molar-refractivity contribution is -0.985. The van der Waals surface area contributed by atoms with E-state index < -0.39 is 23.7 Å². The third-order valence-corrected chi connectivity index (χ3v) is 7.91. The van der Waals surface area contributed by atoms with Crippen LogP contribution in [0.1, 0.15) is 35.6 Å². The lowest BCUT2D eigenvalue weighted by atomic mass is 9.71. The minimum atomic E-state index is -4.59. The Morgan fingerprint density at radius 3 is 2.66 bits per heavy atom. The molecule has 6 rings (SSSR count). The predicted molar refractivity (Wildman–Crippen MR) is 122 cm³/mol. The number of pyridine rings is 1. The van der Waals surface area contributed by atoms with E-state index in [-0.39, 0.29) is 41.0 Å². The number of para-hydroxylation sites is 1. The van der Waals surface area contributed by atoms with Crippen molar-refractivity contribution in [2.45, 2.75) is 37.7 Å². The Bertz CT molecular complexity index is 1230. The van der Waals surface area contributed by atoms with Crippen molar-refractivity contribution in [3.05, 3.63) is 89.9 Å². The molecule has 3 fully saturated rings. The average molecular weight is 551 g/mol. The van der Waals surface area contributed by atoms with Crippen molar-refractivity contribution in [2.24, 2.45) is 11.8 Å². The number of piperidine rings is 3. The summed E-state index contributed by atoms with van der Waals surface area (Å²) < 4.78 is 54.5. The molecule has 186 valence electrons. The number of aromatic nitrogens is 1. The van der Waals surface area contributed by atoms with Crippen molar-refractivity contribution in [1.29, 1.82) is 0 Å². The van der Waals surface area contributed by atoms with E-state index in [0.717, 1.165) is 41.9 Å². The lowest BCUT2D eigenvalue weighted by Gasteiger charge is -2.58. The third kappa shape index (κ3) is 4.63. The smallest absolute Gasteiger partial charge is 0.416 e. The van der Waals surface area contributed by atoms with Crippen LogP contribution in [0.5, 0.6) is 0 Å². The van der Waals surface area contributed by atoms with Gasteiger partial charge in [-0.05, 0) is 41.8 Å². The van der Waals surface area contributed by atoms with Crippen LogP contribution in [0.3, 0.4) is 0 Å². The summed E-state index contributed by atoms with van der Waals surface area (Å²) >= 11 is 0. The molecule has 0 radical (unpaired) electrons. The van der Waals surface area contributed by atoms with Crippen LogP contribution in [-0.4, -0.2) is 33.7 Å². The number of hydrogen-bond acceptors (Lipinski definition) is 2. The highest BCUT2D eigenvalue weighted by atomic mass is 79.9. The number of halogens is 5. The molecule has 8 heteroatoms. The molecule has 3 aliphatic rings. The molecule has 0 spiro atoms. The van der Waals surface area contributed by atoms with Crippen molar-refractivity contribution in [1.82, 2.24) is 4.98 Å². The van der Waals surface area contributed by atoms with Gasteiger partial charge in [-0.3, -0.25) is 4.98 Å². The molecule has 3 nitrogen and oxygen atoms in total. The summed E-state index contributed by atoms with van der Waals surface area (Å²) in [6, 6.07) is 12.0. The minimum Gasteiger partial charge on any atom is -1.00 e. The Balaban J connectivity index is 0.00000289. The maximum absolute atomic E-state index is 14.9. The van der Waals surface area contributed by atoms with Crippen LogP contribution < -0.4 is 17.0 Å². The summed E-state index contributed by atoms with van der Waals surface area (Å²) in [6.07, 6.45) is -0.117. The zero-order valence-corrected chi connectivity index (χ0v) is 20.6. The van der Waals surface area contributed by atoms with E-state index in [1.54, 1.807) is 6.20 Å². The first kappa shape index (κ1) is 25.8. The number of benzene rings is 2. The third-order valence-electron chi connectivity index (χ3n) is 7.91. The number of hydrogen-bond donors (Lipinski definition) is 1. The van der Waals surface area contributed by atoms with E-state index in [9.17, 15) is 22.7 Å². The molecule has 4 heterocycles. The number of aliphatic hydroxyl groups is 1. The van der Waals surface area contributed by atoms with Gasteiger partial charge < -0.3 is 26.6 Å². The summed E-state index contributed by atoms with van der Waals surface area (Å²) in [6.45, 7) is 5.63. The van der Waals surface area contributed by atoms with Crippen LogP contribution in [-0.2, 0) is 12.7 Å². The molecule has 1 N–H and O–H groups in total. The van der Waals surface area contributed by atoms with Crippen molar-refractivity contribution >= 4 is 10.9 Å². The molecule has 3 saturated heterocycles. The Kier molecular flexibility index (Phi) is 7.10. The summed E-state index contributed by atoms with van der Waals surface area (Å²) in [5.74, 6) is -0.251. The molecule has 1 aromatic heterocycles. The molecule has 2 aromatic carbocycles. The van der Waals surface area contributed by atoms with Crippen LogP contribution in [0.4, 0.5) is 17.6 Å². The molecule has 5 atom stereocenters. The predicted octanol–water partition coefficient (Wildman–Crippen LogP) is 3.04. The fourth-order valence-corrected chi connectivity index (χ4v) is 6.16. The van der Waals surface area contributed by atoms with Gasteiger partial charge >= 0.3 is 6.18 Å². The number of alkyl halides is 3. The van der Waals surface area contributed by atoms with Crippen LogP contribution in [0, 0.1) is 17.7 Å². The molecule has 3 aromatic rings. The Hall–Kier alpha value is -2.29.